The molecule has 102 valence electrons. The van der Waals surface area contributed by atoms with Crippen LogP contribution < -0.4 is 4.74 Å². The molecule has 2 aromatic carbocycles. The van der Waals surface area contributed by atoms with E-state index in [9.17, 15) is 14.9 Å². The molecule has 0 spiro atoms. The number of benzene rings is 2. The Balaban J connectivity index is 2.33. The van der Waals surface area contributed by atoms with E-state index < -0.39 is 4.92 Å². The fourth-order valence-corrected chi connectivity index (χ4v) is 1.82. The molecule has 0 atom stereocenters. The van der Waals surface area contributed by atoms with Crippen LogP contribution in [-0.4, -0.2) is 11.2 Å². The summed E-state index contributed by atoms with van der Waals surface area (Å²) < 4.78 is 5.69. The number of carbonyl (C=O) groups is 1. The van der Waals surface area contributed by atoms with Crippen LogP contribution in [0.1, 0.15) is 21.5 Å². The fraction of sp³-hybridized carbons (Fsp3) is 0.133. The Hall–Kier alpha value is -2.69. The van der Waals surface area contributed by atoms with Gasteiger partial charge in [-0.2, -0.15) is 0 Å². The van der Waals surface area contributed by atoms with Gasteiger partial charge in [-0.05, 0) is 37.6 Å². The van der Waals surface area contributed by atoms with Crippen molar-refractivity contribution in [2.45, 2.75) is 13.8 Å². The van der Waals surface area contributed by atoms with Crippen LogP contribution in [0.25, 0.3) is 0 Å². The number of hydrogen-bond acceptors (Lipinski definition) is 4. The van der Waals surface area contributed by atoms with Gasteiger partial charge in [0.05, 0.1) is 4.92 Å². The molecule has 0 saturated carbocycles. The Labute approximate surface area is 116 Å². The molecule has 0 saturated heterocycles. The number of hydrogen-bond donors (Lipinski definition) is 0. The third-order valence-corrected chi connectivity index (χ3v) is 2.94. The predicted octanol–water partition coefficient (Wildman–Crippen LogP) is 3.82. The quantitative estimate of drug-likeness (QED) is 0.481. The summed E-state index contributed by atoms with van der Waals surface area (Å²) in [7, 11) is 0. The lowest BCUT2D eigenvalue weighted by atomic mass is 10.1. The van der Waals surface area contributed by atoms with E-state index in [1.165, 1.54) is 12.1 Å². The van der Waals surface area contributed by atoms with Crippen LogP contribution >= 0.6 is 0 Å². The van der Waals surface area contributed by atoms with E-state index in [-0.39, 0.29) is 5.69 Å². The standard InChI is InChI=1S/C15H13NO4/c1-10-3-4-12(9-17)8-15(10)20-13-5-6-14(16(18)19)11(2)7-13/h3-9H,1-2H3. The first-order valence-electron chi connectivity index (χ1n) is 6.00. The van der Waals surface area contributed by atoms with E-state index in [0.717, 1.165) is 11.8 Å². The molecular formula is C15H13NO4. The van der Waals surface area contributed by atoms with E-state index in [1.807, 2.05) is 6.92 Å². The highest BCUT2D eigenvalue weighted by Crippen LogP contribution is 2.29. The van der Waals surface area contributed by atoms with E-state index in [2.05, 4.69) is 0 Å². The van der Waals surface area contributed by atoms with Crippen LogP contribution in [0.2, 0.25) is 0 Å². The highest BCUT2D eigenvalue weighted by atomic mass is 16.6. The van der Waals surface area contributed by atoms with Crippen molar-refractivity contribution in [3.05, 3.63) is 63.2 Å². The molecule has 2 aromatic rings. The summed E-state index contributed by atoms with van der Waals surface area (Å²) in [5.41, 5.74) is 1.98. The molecular weight excluding hydrogens is 258 g/mol. The van der Waals surface area contributed by atoms with Crippen molar-refractivity contribution in [3.63, 3.8) is 0 Å². The molecule has 0 unspecified atom stereocenters. The van der Waals surface area contributed by atoms with Gasteiger partial charge in [0.25, 0.3) is 5.69 Å². The second-order valence-electron chi connectivity index (χ2n) is 4.45. The monoisotopic (exact) mass is 271 g/mol. The van der Waals surface area contributed by atoms with Gasteiger partial charge in [-0.15, -0.1) is 0 Å². The third-order valence-electron chi connectivity index (χ3n) is 2.94. The van der Waals surface area contributed by atoms with Crippen LogP contribution in [0.3, 0.4) is 0 Å². The maximum Gasteiger partial charge on any atom is 0.272 e. The zero-order valence-electron chi connectivity index (χ0n) is 11.1. The molecule has 0 amide bonds. The number of aryl methyl sites for hydroxylation is 2. The minimum Gasteiger partial charge on any atom is -0.457 e. The van der Waals surface area contributed by atoms with Gasteiger partial charge >= 0.3 is 0 Å². The van der Waals surface area contributed by atoms with Crippen LogP contribution in [0.4, 0.5) is 5.69 Å². The minimum absolute atomic E-state index is 0.0516. The molecule has 0 fully saturated rings. The molecule has 5 nitrogen and oxygen atoms in total. The molecule has 0 aromatic heterocycles. The normalized spacial score (nSPS) is 10.1. The van der Waals surface area contributed by atoms with Crippen molar-refractivity contribution in [2.75, 3.05) is 0 Å². The van der Waals surface area contributed by atoms with Crippen molar-refractivity contribution in [1.82, 2.24) is 0 Å². The fourth-order valence-electron chi connectivity index (χ4n) is 1.82. The average molecular weight is 271 g/mol. The summed E-state index contributed by atoms with van der Waals surface area (Å²) in [6.07, 6.45) is 0.743. The molecule has 0 N–H and O–H groups in total. The smallest absolute Gasteiger partial charge is 0.272 e. The Kier molecular flexibility index (Phi) is 3.79. The lowest BCUT2D eigenvalue weighted by Gasteiger charge is -2.09. The summed E-state index contributed by atoms with van der Waals surface area (Å²) in [4.78, 5) is 21.1. The number of nitro groups is 1. The Morgan fingerprint density at radius 2 is 1.85 bits per heavy atom. The maximum atomic E-state index is 10.8. The van der Waals surface area contributed by atoms with Crippen molar-refractivity contribution < 1.29 is 14.5 Å². The van der Waals surface area contributed by atoms with Crippen LogP contribution in [0.5, 0.6) is 11.5 Å². The van der Waals surface area contributed by atoms with Gasteiger partial charge < -0.3 is 4.74 Å². The minimum atomic E-state index is -0.433. The maximum absolute atomic E-state index is 10.8. The molecule has 5 heteroatoms. The zero-order chi connectivity index (χ0) is 14.7. The molecule has 0 aliphatic carbocycles. The van der Waals surface area contributed by atoms with Gasteiger partial charge in [0.15, 0.2) is 0 Å². The Bertz CT molecular complexity index is 680. The van der Waals surface area contributed by atoms with Gasteiger partial charge in [0.1, 0.15) is 17.8 Å². The number of nitrogens with zero attached hydrogens (tertiary/aromatic N) is 1. The average Bonchev–Trinajstić information content (AvgIpc) is 2.41. The van der Waals surface area contributed by atoms with E-state index in [1.54, 1.807) is 31.2 Å². The van der Waals surface area contributed by atoms with Crippen LogP contribution in [-0.2, 0) is 0 Å². The molecule has 2 rings (SSSR count). The topological polar surface area (TPSA) is 69.4 Å². The van der Waals surface area contributed by atoms with E-state index in [4.69, 9.17) is 4.74 Å². The molecule has 0 aliphatic rings. The van der Waals surface area contributed by atoms with Gasteiger partial charge in [-0.1, -0.05) is 12.1 Å². The first kappa shape index (κ1) is 13.7. The molecule has 0 aliphatic heterocycles. The summed E-state index contributed by atoms with van der Waals surface area (Å²) in [5.74, 6) is 1.06. The van der Waals surface area contributed by atoms with Crippen molar-refractivity contribution in [1.29, 1.82) is 0 Å². The number of carbonyl (C=O) groups excluding carboxylic acids is 1. The van der Waals surface area contributed by atoms with Crippen molar-refractivity contribution >= 4 is 12.0 Å². The molecule has 0 heterocycles. The zero-order valence-corrected chi connectivity index (χ0v) is 11.1. The Morgan fingerprint density at radius 1 is 1.10 bits per heavy atom. The number of aldehydes is 1. The SMILES string of the molecule is Cc1ccc(C=O)cc1Oc1ccc([N+](=O)[O-])c(C)c1. The summed E-state index contributed by atoms with van der Waals surface area (Å²) in [6.45, 7) is 3.52. The second-order valence-corrected chi connectivity index (χ2v) is 4.45. The van der Waals surface area contributed by atoms with Crippen molar-refractivity contribution in [2.24, 2.45) is 0 Å². The highest BCUT2D eigenvalue weighted by molar-refractivity contribution is 5.76. The summed E-state index contributed by atoms with van der Waals surface area (Å²) >= 11 is 0. The predicted molar refractivity (Wildman–Crippen MR) is 74.5 cm³/mol. The second kappa shape index (κ2) is 5.52. The molecule has 20 heavy (non-hydrogen) atoms. The first-order chi connectivity index (χ1) is 9.51. The van der Waals surface area contributed by atoms with Gasteiger partial charge in [-0.3, -0.25) is 14.9 Å². The van der Waals surface area contributed by atoms with Crippen LogP contribution in [0.15, 0.2) is 36.4 Å². The van der Waals surface area contributed by atoms with Crippen molar-refractivity contribution in [3.8, 4) is 11.5 Å². The largest absolute Gasteiger partial charge is 0.457 e. The van der Waals surface area contributed by atoms with E-state index in [0.29, 0.717) is 22.6 Å². The van der Waals surface area contributed by atoms with E-state index >= 15 is 0 Å². The number of nitro benzene ring substituents is 1. The van der Waals surface area contributed by atoms with Gasteiger partial charge in [0.2, 0.25) is 0 Å². The lowest BCUT2D eigenvalue weighted by Crippen LogP contribution is -1.94. The first-order valence-corrected chi connectivity index (χ1v) is 6.00. The third kappa shape index (κ3) is 2.83. The Morgan fingerprint density at radius 3 is 2.45 bits per heavy atom. The lowest BCUT2D eigenvalue weighted by molar-refractivity contribution is -0.385. The number of ether oxygens (including phenoxy) is 1. The number of rotatable bonds is 4. The highest BCUT2D eigenvalue weighted by Gasteiger charge is 2.11. The summed E-state index contributed by atoms with van der Waals surface area (Å²) in [6, 6.07) is 9.68. The van der Waals surface area contributed by atoms with Gasteiger partial charge in [-0.25, -0.2) is 0 Å². The molecule has 0 bridgehead atoms. The van der Waals surface area contributed by atoms with Crippen LogP contribution in [0, 0.1) is 24.0 Å². The molecule has 0 radical (unpaired) electrons. The van der Waals surface area contributed by atoms with Gasteiger partial charge in [0, 0.05) is 17.2 Å². The summed E-state index contributed by atoms with van der Waals surface area (Å²) in [5, 5.41) is 10.8.